The van der Waals surface area contributed by atoms with Crippen LogP contribution in [0.1, 0.15) is 44.6 Å². The molecule has 3 atom stereocenters. The lowest BCUT2D eigenvalue weighted by molar-refractivity contribution is 0.0992. The maximum atomic E-state index is 5.91. The molecule has 1 aromatic carbocycles. The van der Waals surface area contributed by atoms with Gasteiger partial charge in [0.15, 0.2) is 5.96 Å². The molecule has 2 heterocycles. The molecule has 3 unspecified atom stereocenters. The third-order valence-electron chi connectivity index (χ3n) is 4.88. The predicted octanol–water partition coefficient (Wildman–Crippen LogP) is 3.03. The highest BCUT2D eigenvalue weighted by molar-refractivity contribution is 5.80. The summed E-state index contributed by atoms with van der Waals surface area (Å²) in [5.74, 6) is 1.86. The molecule has 25 heavy (non-hydrogen) atoms. The Balaban J connectivity index is 1.34. The molecule has 2 aliphatic heterocycles. The molecule has 2 aliphatic rings. The van der Waals surface area contributed by atoms with E-state index >= 15 is 0 Å². The Bertz CT molecular complexity index is 559. The second-order valence-electron chi connectivity index (χ2n) is 6.99. The van der Waals surface area contributed by atoms with Crippen LogP contribution in [-0.4, -0.2) is 43.9 Å². The highest BCUT2D eigenvalue weighted by atomic mass is 16.5. The van der Waals surface area contributed by atoms with Crippen LogP contribution in [0.4, 0.5) is 0 Å². The fourth-order valence-electron chi connectivity index (χ4n) is 3.51. The Hall–Kier alpha value is -1.75. The van der Waals surface area contributed by atoms with E-state index in [1.165, 1.54) is 18.4 Å². The van der Waals surface area contributed by atoms with Crippen LogP contribution in [0.2, 0.25) is 0 Å². The molecular weight excluding hydrogens is 314 g/mol. The van der Waals surface area contributed by atoms with Crippen LogP contribution >= 0.6 is 0 Å². The van der Waals surface area contributed by atoms with Gasteiger partial charge >= 0.3 is 0 Å². The molecule has 138 valence electrons. The highest BCUT2D eigenvalue weighted by Crippen LogP contribution is 2.34. The molecule has 0 amide bonds. The average Bonchev–Trinajstić information content (AvgIpc) is 3.22. The Morgan fingerprint density at radius 2 is 2.08 bits per heavy atom. The van der Waals surface area contributed by atoms with Gasteiger partial charge in [-0.1, -0.05) is 17.7 Å². The number of nitrogens with zero attached hydrogens (tertiary/aromatic N) is 1. The topological polar surface area (TPSA) is 54.9 Å². The second-order valence-corrected chi connectivity index (χ2v) is 6.99. The molecule has 3 rings (SSSR count). The standard InChI is InChI=1S/C20H31N3O2/c1-3-21-20(23-18-14-17-10-11-19(18)25-17)22-12-4-5-13-24-16-8-6-15(2)7-9-16/h6-9,17-19H,3-5,10-14H2,1-2H3,(H2,21,22,23). The van der Waals surface area contributed by atoms with Gasteiger partial charge in [-0.25, -0.2) is 0 Å². The largest absolute Gasteiger partial charge is 0.494 e. The van der Waals surface area contributed by atoms with Gasteiger partial charge in [0.05, 0.1) is 24.9 Å². The number of hydrogen-bond acceptors (Lipinski definition) is 3. The predicted molar refractivity (Wildman–Crippen MR) is 101 cm³/mol. The van der Waals surface area contributed by atoms with Crippen LogP contribution in [0.5, 0.6) is 5.75 Å². The number of aryl methyl sites for hydroxylation is 1. The zero-order chi connectivity index (χ0) is 17.5. The van der Waals surface area contributed by atoms with Crippen LogP contribution < -0.4 is 15.4 Å². The van der Waals surface area contributed by atoms with Crippen molar-refractivity contribution >= 4 is 5.96 Å². The van der Waals surface area contributed by atoms with E-state index in [1.807, 2.05) is 12.1 Å². The van der Waals surface area contributed by atoms with Gasteiger partial charge in [0.1, 0.15) is 5.75 Å². The monoisotopic (exact) mass is 345 g/mol. The lowest BCUT2D eigenvalue weighted by Crippen LogP contribution is -2.47. The highest BCUT2D eigenvalue weighted by Gasteiger charge is 2.41. The summed E-state index contributed by atoms with van der Waals surface area (Å²) >= 11 is 0. The van der Waals surface area contributed by atoms with Crippen molar-refractivity contribution in [1.82, 2.24) is 10.6 Å². The summed E-state index contributed by atoms with van der Waals surface area (Å²) in [7, 11) is 0. The van der Waals surface area contributed by atoms with E-state index in [9.17, 15) is 0 Å². The van der Waals surface area contributed by atoms with E-state index < -0.39 is 0 Å². The molecule has 2 N–H and O–H groups in total. The molecule has 0 aliphatic carbocycles. The minimum Gasteiger partial charge on any atom is -0.494 e. The molecule has 0 saturated carbocycles. The van der Waals surface area contributed by atoms with Gasteiger partial charge in [0.25, 0.3) is 0 Å². The minimum atomic E-state index is 0.372. The second kappa shape index (κ2) is 9.09. The van der Waals surface area contributed by atoms with E-state index in [4.69, 9.17) is 14.5 Å². The number of hydrogen-bond donors (Lipinski definition) is 2. The molecule has 1 aromatic rings. The molecule has 5 heteroatoms. The molecule has 0 aromatic heterocycles. The zero-order valence-electron chi connectivity index (χ0n) is 15.5. The van der Waals surface area contributed by atoms with Crippen LogP contribution in [0.3, 0.4) is 0 Å². The van der Waals surface area contributed by atoms with Gasteiger partial charge in [-0.15, -0.1) is 0 Å². The van der Waals surface area contributed by atoms with Crippen molar-refractivity contribution in [3.63, 3.8) is 0 Å². The van der Waals surface area contributed by atoms with Gasteiger partial charge in [-0.2, -0.15) is 0 Å². The molecule has 0 spiro atoms. The Morgan fingerprint density at radius 3 is 2.76 bits per heavy atom. The number of fused-ring (bicyclic) bond motifs is 2. The summed E-state index contributed by atoms with van der Waals surface area (Å²) in [5.41, 5.74) is 1.26. The lowest BCUT2D eigenvalue weighted by atomic mass is 9.96. The Kier molecular flexibility index (Phi) is 6.56. The Labute approximate surface area is 151 Å². The van der Waals surface area contributed by atoms with Gasteiger partial charge in [-0.05, 0) is 58.1 Å². The van der Waals surface area contributed by atoms with Crippen LogP contribution in [-0.2, 0) is 4.74 Å². The van der Waals surface area contributed by atoms with Crippen LogP contribution in [0.25, 0.3) is 0 Å². The number of rotatable bonds is 8. The van der Waals surface area contributed by atoms with Crippen molar-refractivity contribution in [2.45, 2.75) is 64.2 Å². The summed E-state index contributed by atoms with van der Waals surface area (Å²) in [6, 6.07) is 8.62. The fourth-order valence-corrected chi connectivity index (χ4v) is 3.51. The normalized spacial score (nSPS) is 25.2. The van der Waals surface area contributed by atoms with Crippen molar-refractivity contribution < 1.29 is 9.47 Å². The third-order valence-corrected chi connectivity index (χ3v) is 4.88. The fraction of sp³-hybridized carbons (Fsp3) is 0.650. The van der Waals surface area contributed by atoms with E-state index in [1.54, 1.807) is 0 Å². The summed E-state index contributed by atoms with van der Waals surface area (Å²) in [6.07, 6.45) is 6.37. The van der Waals surface area contributed by atoms with Gasteiger partial charge in [0, 0.05) is 13.1 Å². The molecule has 2 saturated heterocycles. The Morgan fingerprint density at radius 1 is 1.24 bits per heavy atom. The molecule has 5 nitrogen and oxygen atoms in total. The van der Waals surface area contributed by atoms with Crippen LogP contribution in [0.15, 0.2) is 29.3 Å². The first-order valence-corrected chi connectivity index (χ1v) is 9.64. The average molecular weight is 345 g/mol. The minimum absolute atomic E-state index is 0.372. The van der Waals surface area contributed by atoms with E-state index in [0.29, 0.717) is 18.2 Å². The van der Waals surface area contributed by atoms with Crippen molar-refractivity contribution in [2.24, 2.45) is 4.99 Å². The molecule has 2 bridgehead atoms. The van der Waals surface area contributed by atoms with Gasteiger partial charge in [-0.3, -0.25) is 4.99 Å². The number of guanidine groups is 1. The maximum absolute atomic E-state index is 5.91. The summed E-state index contributed by atoms with van der Waals surface area (Å²) < 4.78 is 11.7. The van der Waals surface area contributed by atoms with Crippen LogP contribution in [0, 0.1) is 6.92 Å². The molecule has 2 fully saturated rings. The maximum Gasteiger partial charge on any atom is 0.191 e. The SMILES string of the molecule is CCNC(=NCCCCOc1ccc(C)cc1)NC1CC2CCC1O2. The van der Waals surface area contributed by atoms with Crippen molar-refractivity contribution in [1.29, 1.82) is 0 Å². The quantitative estimate of drug-likeness (QED) is 0.432. The first kappa shape index (κ1) is 18.1. The van der Waals surface area contributed by atoms with E-state index in [-0.39, 0.29) is 0 Å². The first-order chi connectivity index (χ1) is 12.2. The summed E-state index contributed by atoms with van der Waals surface area (Å²) in [4.78, 5) is 4.70. The van der Waals surface area contributed by atoms with E-state index in [2.05, 4.69) is 36.6 Å². The lowest BCUT2D eigenvalue weighted by Gasteiger charge is -2.22. The van der Waals surface area contributed by atoms with Crippen molar-refractivity contribution in [3.05, 3.63) is 29.8 Å². The molecule has 0 radical (unpaired) electrons. The number of nitrogens with one attached hydrogen (secondary N) is 2. The number of ether oxygens (including phenoxy) is 2. The zero-order valence-corrected chi connectivity index (χ0v) is 15.5. The first-order valence-electron chi connectivity index (χ1n) is 9.64. The van der Waals surface area contributed by atoms with E-state index in [0.717, 1.165) is 50.7 Å². The summed E-state index contributed by atoms with van der Waals surface area (Å²) in [6.45, 7) is 6.62. The molecular formula is C20H31N3O2. The number of aliphatic imine (C=N–C) groups is 1. The third kappa shape index (κ3) is 5.36. The van der Waals surface area contributed by atoms with Crippen molar-refractivity contribution in [2.75, 3.05) is 19.7 Å². The van der Waals surface area contributed by atoms with Crippen molar-refractivity contribution in [3.8, 4) is 5.75 Å². The van der Waals surface area contributed by atoms with Gasteiger partial charge < -0.3 is 20.1 Å². The van der Waals surface area contributed by atoms with Gasteiger partial charge in [0.2, 0.25) is 0 Å². The summed E-state index contributed by atoms with van der Waals surface area (Å²) in [5, 5.41) is 6.90. The number of unbranched alkanes of at least 4 members (excludes halogenated alkanes) is 1. The smallest absolute Gasteiger partial charge is 0.191 e. The number of benzene rings is 1.